The molecule has 0 bridgehead atoms. The lowest BCUT2D eigenvalue weighted by Crippen LogP contribution is -2.06. The van der Waals surface area contributed by atoms with Crippen LogP contribution >= 0.6 is 43.2 Å². The molecule has 0 radical (unpaired) electrons. The molecule has 2 saturated heterocycles. The highest BCUT2D eigenvalue weighted by molar-refractivity contribution is 8.77. The van der Waals surface area contributed by atoms with Gasteiger partial charge in [-0.05, 0) is 51.4 Å². The average Bonchev–Trinajstić information content (AvgIpc) is 3.63. The van der Waals surface area contributed by atoms with Crippen LogP contribution < -0.4 is 0 Å². The lowest BCUT2D eigenvalue weighted by molar-refractivity contribution is -0.144. The molecule has 222 valence electrons. The van der Waals surface area contributed by atoms with Gasteiger partial charge in [-0.15, -0.1) is 0 Å². The molecule has 2 aliphatic rings. The third-order valence-corrected chi connectivity index (χ3v) is 13.3. The van der Waals surface area contributed by atoms with Crippen LogP contribution in [-0.2, 0) is 19.1 Å². The normalized spacial score (nSPS) is 19.2. The molecule has 0 aromatic rings. The largest absolute Gasteiger partial charge is 0.466 e. The second kappa shape index (κ2) is 25.1. The van der Waals surface area contributed by atoms with Crippen LogP contribution in [0.4, 0.5) is 0 Å². The number of esters is 2. The predicted octanol–water partition coefficient (Wildman–Crippen LogP) is 10.2. The predicted molar refractivity (Wildman–Crippen MR) is 171 cm³/mol. The molecule has 2 unspecified atom stereocenters. The standard InChI is InChI=1S/C30H54O4S4/c31-29(19-13-11-17-27-21-25-35-37-27)33-23-15-9-7-5-3-1-2-4-6-8-10-16-24-34-30(32)20-14-12-18-28-22-26-36-38-28/h27-28H,1-26H2. The van der Waals surface area contributed by atoms with Gasteiger partial charge in [-0.2, -0.15) is 0 Å². The molecular weight excluding hydrogens is 553 g/mol. The van der Waals surface area contributed by atoms with E-state index >= 15 is 0 Å². The summed E-state index contributed by atoms with van der Waals surface area (Å²) in [5.41, 5.74) is 0. The van der Waals surface area contributed by atoms with Gasteiger partial charge in [0, 0.05) is 34.8 Å². The zero-order chi connectivity index (χ0) is 26.9. The fraction of sp³-hybridized carbons (Fsp3) is 0.933. The number of carbonyl (C=O) groups excluding carboxylic acids is 2. The Morgan fingerprint density at radius 3 is 1.21 bits per heavy atom. The van der Waals surface area contributed by atoms with Gasteiger partial charge >= 0.3 is 11.9 Å². The first-order valence-electron chi connectivity index (χ1n) is 15.6. The van der Waals surface area contributed by atoms with Crippen LogP contribution in [0.3, 0.4) is 0 Å². The van der Waals surface area contributed by atoms with Gasteiger partial charge in [0.1, 0.15) is 0 Å². The second-order valence-electron chi connectivity index (χ2n) is 10.8. The van der Waals surface area contributed by atoms with Gasteiger partial charge < -0.3 is 9.47 Å². The molecule has 0 aromatic carbocycles. The SMILES string of the molecule is O=C(CCCCC1CCSS1)OCCCCCCCCCCCCCCOC(=O)CCCCC1CCSS1. The van der Waals surface area contributed by atoms with E-state index < -0.39 is 0 Å². The quantitative estimate of drug-likeness (QED) is 0.0578. The van der Waals surface area contributed by atoms with Crippen molar-refractivity contribution in [2.45, 2.75) is 152 Å². The van der Waals surface area contributed by atoms with Crippen LogP contribution in [0.1, 0.15) is 141 Å². The summed E-state index contributed by atoms with van der Waals surface area (Å²) < 4.78 is 10.8. The average molecular weight is 607 g/mol. The molecule has 0 aliphatic carbocycles. The summed E-state index contributed by atoms with van der Waals surface area (Å²) in [6.07, 6.45) is 25.4. The third kappa shape index (κ3) is 20.3. The zero-order valence-corrected chi connectivity index (χ0v) is 27.1. The van der Waals surface area contributed by atoms with E-state index in [0.29, 0.717) is 26.1 Å². The van der Waals surface area contributed by atoms with Crippen LogP contribution in [0, 0.1) is 0 Å². The molecule has 0 N–H and O–H groups in total. The Labute approximate surface area is 249 Å². The minimum atomic E-state index is -0.00163. The van der Waals surface area contributed by atoms with Crippen LogP contribution in [0.5, 0.6) is 0 Å². The first-order chi connectivity index (χ1) is 18.7. The lowest BCUT2D eigenvalue weighted by Gasteiger charge is -2.07. The van der Waals surface area contributed by atoms with Crippen molar-refractivity contribution in [1.82, 2.24) is 0 Å². The number of carbonyl (C=O) groups is 2. The van der Waals surface area contributed by atoms with Crippen molar-refractivity contribution < 1.29 is 19.1 Å². The molecule has 0 saturated carbocycles. The third-order valence-electron chi connectivity index (χ3n) is 7.33. The number of ether oxygens (including phenoxy) is 2. The summed E-state index contributed by atoms with van der Waals surface area (Å²) in [7, 11) is 8.03. The zero-order valence-electron chi connectivity index (χ0n) is 23.8. The molecule has 0 amide bonds. The number of rotatable bonds is 25. The van der Waals surface area contributed by atoms with Gasteiger partial charge in [0.2, 0.25) is 0 Å². The number of hydrogen-bond acceptors (Lipinski definition) is 8. The van der Waals surface area contributed by atoms with Gasteiger partial charge in [-0.25, -0.2) is 0 Å². The van der Waals surface area contributed by atoms with E-state index in [2.05, 4.69) is 0 Å². The lowest BCUT2D eigenvalue weighted by atomic mass is 10.1. The molecule has 0 aromatic heterocycles. The molecule has 4 nitrogen and oxygen atoms in total. The van der Waals surface area contributed by atoms with Crippen molar-refractivity contribution >= 4 is 55.1 Å². The summed E-state index contributed by atoms with van der Waals surface area (Å²) in [4.78, 5) is 23.7. The molecule has 2 rings (SSSR count). The minimum Gasteiger partial charge on any atom is -0.466 e. The molecule has 38 heavy (non-hydrogen) atoms. The van der Waals surface area contributed by atoms with Crippen molar-refractivity contribution in [3.05, 3.63) is 0 Å². The van der Waals surface area contributed by atoms with Gasteiger partial charge in [0.05, 0.1) is 13.2 Å². The van der Waals surface area contributed by atoms with Crippen molar-refractivity contribution in [3.8, 4) is 0 Å². The fourth-order valence-corrected chi connectivity index (χ4v) is 11.0. The fourth-order valence-electron chi connectivity index (χ4n) is 4.90. The Bertz CT molecular complexity index is 531. The minimum absolute atomic E-state index is 0.00163. The maximum atomic E-state index is 11.8. The van der Waals surface area contributed by atoms with Crippen LogP contribution in [-0.4, -0.2) is 47.2 Å². The van der Waals surface area contributed by atoms with E-state index in [1.54, 1.807) is 0 Å². The summed E-state index contributed by atoms with van der Waals surface area (Å²) in [5, 5.41) is 1.63. The highest BCUT2D eigenvalue weighted by Crippen LogP contribution is 2.40. The summed E-state index contributed by atoms with van der Waals surface area (Å²) in [6, 6.07) is 0. The van der Waals surface area contributed by atoms with Crippen LogP contribution in [0.2, 0.25) is 0 Å². The van der Waals surface area contributed by atoms with E-state index in [9.17, 15) is 9.59 Å². The molecule has 2 heterocycles. The summed E-state index contributed by atoms with van der Waals surface area (Å²) in [5.74, 6) is 2.58. The Balaban J connectivity index is 1.20. The first kappa shape index (κ1) is 34.5. The number of hydrogen-bond donors (Lipinski definition) is 0. The van der Waals surface area contributed by atoms with Gasteiger partial charge in [0.25, 0.3) is 0 Å². The molecule has 2 atom stereocenters. The van der Waals surface area contributed by atoms with E-state index in [0.717, 1.165) is 49.0 Å². The van der Waals surface area contributed by atoms with Crippen LogP contribution in [0.15, 0.2) is 0 Å². The molecule has 2 fully saturated rings. The van der Waals surface area contributed by atoms with Gasteiger partial charge in [-0.3, -0.25) is 9.59 Å². The second-order valence-corrected chi connectivity index (χ2v) is 16.4. The molecule has 0 spiro atoms. The van der Waals surface area contributed by atoms with Crippen molar-refractivity contribution in [2.24, 2.45) is 0 Å². The van der Waals surface area contributed by atoms with E-state index in [-0.39, 0.29) is 11.9 Å². The first-order valence-corrected chi connectivity index (χ1v) is 20.4. The maximum Gasteiger partial charge on any atom is 0.305 e. The maximum absolute atomic E-state index is 11.8. The highest BCUT2D eigenvalue weighted by Gasteiger charge is 2.17. The summed E-state index contributed by atoms with van der Waals surface area (Å²) >= 11 is 0. The van der Waals surface area contributed by atoms with E-state index in [4.69, 9.17) is 9.47 Å². The Morgan fingerprint density at radius 2 is 0.868 bits per heavy atom. The topological polar surface area (TPSA) is 52.6 Å². The monoisotopic (exact) mass is 606 g/mol. The van der Waals surface area contributed by atoms with Crippen molar-refractivity contribution in [1.29, 1.82) is 0 Å². The smallest absolute Gasteiger partial charge is 0.305 e. The molecule has 8 heteroatoms. The van der Waals surface area contributed by atoms with E-state index in [1.807, 2.05) is 43.2 Å². The van der Waals surface area contributed by atoms with Gasteiger partial charge in [-0.1, -0.05) is 120 Å². The Hall–Kier alpha value is 0.340. The van der Waals surface area contributed by atoms with Crippen molar-refractivity contribution in [3.63, 3.8) is 0 Å². The highest BCUT2D eigenvalue weighted by atomic mass is 33.1. The molecular formula is C30H54O4S4. The Kier molecular flexibility index (Phi) is 22.8. The molecule has 2 aliphatic heterocycles. The van der Waals surface area contributed by atoms with Crippen molar-refractivity contribution in [2.75, 3.05) is 24.7 Å². The van der Waals surface area contributed by atoms with E-state index in [1.165, 1.54) is 101 Å². The van der Waals surface area contributed by atoms with Crippen LogP contribution in [0.25, 0.3) is 0 Å². The Morgan fingerprint density at radius 1 is 0.500 bits per heavy atom. The summed E-state index contributed by atoms with van der Waals surface area (Å²) in [6.45, 7) is 1.21. The number of unbranched alkanes of at least 4 members (excludes halogenated alkanes) is 13. The van der Waals surface area contributed by atoms with Gasteiger partial charge in [0.15, 0.2) is 0 Å².